The molecule has 1 heterocycles. The number of thiocarbonyl (C=S) groups is 1. The van der Waals surface area contributed by atoms with Crippen LogP contribution in [0.2, 0.25) is 0 Å². The molecule has 19 heavy (non-hydrogen) atoms. The van der Waals surface area contributed by atoms with Crippen molar-refractivity contribution in [3.8, 4) is 5.75 Å². The molecule has 1 unspecified atom stereocenters. The molecule has 2 rings (SSSR count). The van der Waals surface area contributed by atoms with Gasteiger partial charge in [0.2, 0.25) is 0 Å². The lowest BCUT2D eigenvalue weighted by atomic mass is 10.1. The van der Waals surface area contributed by atoms with Gasteiger partial charge in [0.1, 0.15) is 16.8 Å². The first kappa shape index (κ1) is 14.1. The maximum absolute atomic E-state index is 12.9. The Balaban J connectivity index is 2.29. The van der Waals surface area contributed by atoms with Crippen LogP contribution in [-0.2, 0) is 10.9 Å². The average Bonchev–Trinajstić information content (AvgIpc) is 2.80. The molecule has 1 fully saturated rings. The van der Waals surface area contributed by atoms with Gasteiger partial charge in [-0.25, -0.2) is 0 Å². The van der Waals surface area contributed by atoms with E-state index < -0.39 is 11.7 Å². The van der Waals surface area contributed by atoms with Gasteiger partial charge in [-0.1, -0.05) is 12.2 Å². The predicted molar refractivity (Wildman–Crippen MR) is 67.2 cm³/mol. The standard InChI is InChI=1S/C12H12F3NO2S/c13-12(14,15)10-5-7(1-2-9(10)11(16)19)18-8-3-4-17-6-8/h1-2,5,8H,3-4,6H2,(H2,16,19). The molecular formula is C12H12F3NO2S. The van der Waals surface area contributed by atoms with Crippen molar-refractivity contribution >= 4 is 17.2 Å². The second kappa shape index (κ2) is 5.34. The minimum Gasteiger partial charge on any atom is -0.488 e. The first-order chi connectivity index (χ1) is 8.88. The molecule has 0 spiro atoms. The molecule has 0 saturated carbocycles. The molecule has 0 radical (unpaired) electrons. The first-order valence-electron chi connectivity index (χ1n) is 5.63. The summed E-state index contributed by atoms with van der Waals surface area (Å²) in [5.41, 5.74) is 4.22. The lowest BCUT2D eigenvalue weighted by Crippen LogP contribution is -2.19. The van der Waals surface area contributed by atoms with Crippen molar-refractivity contribution in [1.29, 1.82) is 0 Å². The molecule has 7 heteroatoms. The van der Waals surface area contributed by atoms with Gasteiger partial charge in [-0.15, -0.1) is 0 Å². The van der Waals surface area contributed by atoms with Gasteiger partial charge in [-0.05, 0) is 18.2 Å². The largest absolute Gasteiger partial charge is 0.488 e. The Morgan fingerprint density at radius 1 is 1.42 bits per heavy atom. The summed E-state index contributed by atoms with van der Waals surface area (Å²) in [4.78, 5) is -0.289. The van der Waals surface area contributed by atoms with Crippen LogP contribution in [0.15, 0.2) is 18.2 Å². The highest BCUT2D eigenvalue weighted by Crippen LogP contribution is 2.34. The fourth-order valence-electron chi connectivity index (χ4n) is 1.84. The van der Waals surface area contributed by atoms with Crippen molar-refractivity contribution in [2.45, 2.75) is 18.7 Å². The predicted octanol–water partition coefficient (Wildman–Crippen LogP) is 2.51. The summed E-state index contributed by atoms with van der Waals surface area (Å²) in [6.07, 6.45) is -4.07. The fourth-order valence-corrected chi connectivity index (χ4v) is 2.02. The van der Waals surface area contributed by atoms with Gasteiger partial charge in [-0.2, -0.15) is 13.2 Å². The van der Waals surface area contributed by atoms with Crippen molar-refractivity contribution in [2.24, 2.45) is 5.73 Å². The highest BCUT2D eigenvalue weighted by molar-refractivity contribution is 7.80. The highest BCUT2D eigenvalue weighted by atomic mass is 32.1. The summed E-state index contributed by atoms with van der Waals surface area (Å²) in [5, 5.41) is 0. The van der Waals surface area contributed by atoms with E-state index in [1.54, 1.807) is 0 Å². The van der Waals surface area contributed by atoms with E-state index in [1.165, 1.54) is 12.1 Å². The number of rotatable bonds is 3. The Kier molecular flexibility index (Phi) is 3.96. The normalized spacial score (nSPS) is 19.4. The van der Waals surface area contributed by atoms with Crippen molar-refractivity contribution in [1.82, 2.24) is 0 Å². The Labute approximate surface area is 113 Å². The van der Waals surface area contributed by atoms with Crippen molar-refractivity contribution < 1.29 is 22.6 Å². The van der Waals surface area contributed by atoms with Gasteiger partial charge in [0.15, 0.2) is 0 Å². The molecule has 1 atom stereocenters. The average molecular weight is 291 g/mol. The second-order valence-corrected chi connectivity index (χ2v) is 4.61. The van der Waals surface area contributed by atoms with Gasteiger partial charge in [0.05, 0.1) is 18.8 Å². The third-order valence-corrected chi connectivity index (χ3v) is 2.97. The highest BCUT2D eigenvalue weighted by Gasteiger charge is 2.34. The molecule has 1 aromatic carbocycles. The van der Waals surface area contributed by atoms with Crippen molar-refractivity contribution in [3.63, 3.8) is 0 Å². The molecule has 0 aromatic heterocycles. The number of alkyl halides is 3. The number of nitrogens with two attached hydrogens (primary N) is 1. The summed E-state index contributed by atoms with van der Waals surface area (Å²) < 4.78 is 49.3. The maximum atomic E-state index is 12.9. The van der Waals surface area contributed by atoms with E-state index in [2.05, 4.69) is 12.2 Å². The molecule has 1 aromatic rings. The molecule has 2 N–H and O–H groups in total. The maximum Gasteiger partial charge on any atom is 0.417 e. The summed E-state index contributed by atoms with van der Waals surface area (Å²) in [6, 6.07) is 3.59. The molecule has 0 amide bonds. The third-order valence-electron chi connectivity index (χ3n) is 2.75. The van der Waals surface area contributed by atoms with E-state index in [-0.39, 0.29) is 22.4 Å². The van der Waals surface area contributed by atoms with Gasteiger partial charge in [-0.3, -0.25) is 0 Å². The molecule has 3 nitrogen and oxygen atoms in total. The van der Waals surface area contributed by atoms with E-state index >= 15 is 0 Å². The number of halogens is 3. The minimum atomic E-state index is -4.52. The van der Waals surface area contributed by atoms with Crippen LogP contribution in [0.5, 0.6) is 5.75 Å². The van der Waals surface area contributed by atoms with Gasteiger partial charge in [0, 0.05) is 12.0 Å². The van der Waals surface area contributed by atoms with Crippen LogP contribution in [-0.4, -0.2) is 24.3 Å². The quantitative estimate of drug-likeness (QED) is 0.869. The molecule has 0 aliphatic carbocycles. The summed E-state index contributed by atoms with van der Waals surface area (Å²) >= 11 is 4.62. The first-order valence-corrected chi connectivity index (χ1v) is 6.04. The zero-order chi connectivity index (χ0) is 14.0. The monoisotopic (exact) mass is 291 g/mol. The van der Waals surface area contributed by atoms with Crippen LogP contribution in [0.1, 0.15) is 17.5 Å². The zero-order valence-corrected chi connectivity index (χ0v) is 10.7. The fraction of sp³-hybridized carbons (Fsp3) is 0.417. The van der Waals surface area contributed by atoms with E-state index in [0.717, 1.165) is 6.07 Å². The van der Waals surface area contributed by atoms with Crippen LogP contribution >= 0.6 is 12.2 Å². The molecular weight excluding hydrogens is 279 g/mol. The zero-order valence-electron chi connectivity index (χ0n) is 9.87. The number of benzene rings is 1. The molecule has 1 saturated heterocycles. The lowest BCUT2D eigenvalue weighted by molar-refractivity contribution is -0.137. The van der Waals surface area contributed by atoms with Crippen LogP contribution < -0.4 is 10.5 Å². The number of hydrogen-bond donors (Lipinski definition) is 1. The third kappa shape index (κ3) is 3.36. The summed E-state index contributed by atoms with van der Waals surface area (Å²) in [5.74, 6) is 0.142. The smallest absolute Gasteiger partial charge is 0.417 e. The lowest BCUT2D eigenvalue weighted by Gasteiger charge is -2.16. The van der Waals surface area contributed by atoms with E-state index in [9.17, 15) is 13.2 Å². The van der Waals surface area contributed by atoms with Gasteiger partial charge in [0.25, 0.3) is 0 Å². The molecule has 104 valence electrons. The second-order valence-electron chi connectivity index (χ2n) is 4.17. The number of hydrogen-bond acceptors (Lipinski definition) is 3. The Morgan fingerprint density at radius 3 is 2.68 bits per heavy atom. The van der Waals surface area contributed by atoms with E-state index in [4.69, 9.17) is 15.2 Å². The summed E-state index contributed by atoms with van der Waals surface area (Å²) in [7, 11) is 0. The van der Waals surface area contributed by atoms with E-state index in [1.807, 2.05) is 0 Å². The van der Waals surface area contributed by atoms with Gasteiger partial charge < -0.3 is 15.2 Å². The van der Waals surface area contributed by atoms with Crippen LogP contribution in [0.25, 0.3) is 0 Å². The SMILES string of the molecule is NC(=S)c1ccc(OC2CCOC2)cc1C(F)(F)F. The Bertz CT molecular complexity index is 484. The van der Waals surface area contributed by atoms with Crippen molar-refractivity contribution in [3.05, 3.63) is 29.3 Å². The Hall–Kier alpha value is -1.34. The molecule has 0 bridgehead atoms. The van der Waals surface area contributed by atoms with Crippen LogP contribution in [0, 0.1) is 0 Å². The molecule has 1 aliphatic heterocycles. The van der Waals surface area contributed by atoms with E-state index in [0.29, 0.717) is 19.6 Å². The molecule has 1 aliphatic rings. The number of ether oxygens (including phenoxy) is 2. The summed E-state index contributed by atoms with van der Waals surface area (Å²) in [6.45, 7) is 0.945. The van der Waals surface area contributed by atoms with Crippen LogP contribution in [0.4, 0.5) is 13.2 Å². The minimum absolute atomic E-state index is 0.142. The Morgan fingerprint density at radius 2 is 2.16 bits per heavy atom. The topological polar surface area (TPSA) is 44.5 Å². The van der Waals surface area contributed by atoms with Crippen LogP contribution in [0.3, 0.4) is 0 Å². The van der Waals surface area contributed by atoms with Gasteiger partial charge >= 0.3 is 6.18 Å². The van der Waals surface area contributed by atoms with Crippen molar-refractivity contribution in [2.75, 3.05) is 13.2 Å².